The topological polar surface area (TPSA) is 70.2 Å². The van der Waals surface area contributed by atoms with Crippen molar-refractivity contribution in [2.45, 2.75) is 56.5 Å². The van der Waals surface area contributed by atoms with Crippen LogP contribution in [-0.2, 0) is 29.6 Å². The summed E-state index contributed by atoms with van der Waals surface area (Å²) in [6, 6.07) is 2.16. The molecule has 6 rings (SSSR count). The lowest BCUT2D eigenvalue weighted by Gasteiger charge is -2.40. The maximum Gasteiger partial charge on any atom is 0.263 e. The normalized spacial score (nSPS) is 23.5. The Balaban J connectivity index is 1.23. The van der Waals surface area contributed by atoms with E-state index >= 15 is 0 Å². The van der Waals surface area contributed by atoms with E-state index in [2.05, 4.69) is 26.5 Å². The van der Waals surface area contributed by atoms with Crippen molar-refractivity contribution >= 4 is 17.2 Å². The van der Waals surface area contributed by atoms with E-state index in [-0.39, 0.29) is 11.5 Å². The van der Waals surface area contributed by atoms with Gasteiger partial charge in [0.05, 0.1) is 22.8 Å². The Bertz CT molecular complexity index is 939. The summed E-state index contributed by atoms with van der Waals surface area (Å²) >= 11 is 1.70. The molecule has 3 aliphatic heterocycles. The Morgan fingerprint density at radius 3 is 2.86 bits per heavy atom. The largest absolute Gasteiger partial charge is 0.370 e. The number of fused-ring (bicyclic) bond motifs is 3. The number of aromatic nitrogens is 2. The number of thiophene rings is 1. The lowest BCUT2D eigenvalue weighted by atomic mass is 9.83. The number of ether oxygens (including phenoxy) is 1. The van der Waals surface area contributed by atoms with Crippen molar-refractivity contribution in [1.82, 2.24) is 20.4 Å². The van der Waals surface area contributed by atoms with Gasteiger partial charge in [0.1, 0.15) is 0 Å². The lowest BCUT2D eigenvalue weighted by Crippen LogP contribution is -2.44. The minimum atomic E-state index is -0.172. The molecule has 1 saturated heterocycles. The fourth-order valence-corrected chi connectivity index (χ4v) is 6.53. The van der Waals surface area contributed by atoms with Crippen LogP contribution < -0.4 is 5.32 Å². The van der Waals surface area contributed by atoms with Crippen LogP contribution in [0.2, 0.25) is 0 Å². The predicted octanol–water partition coefficient (Wildman–Crippen LogP) is 2.74. The number of amides is 1. The van der Waals surface area contributed by atoms with Crippen molar-refractivity contribution in [3.63, 3.8) is 0 Å². The molecule has 7 heteroatoms. The number of H-pyrrole nitrogens is 1. The van der Waals surface area contributed by atoms with Gasteiger partial charge >= 0.3 is 0 Å². The molecule has 0 atom stereocenters. The van der Waals surface area contributed by atoms with E-state index in [1.54, 1.807) is 11.3 Å². The molecule has 0 aromatic carbocycles. The van der Waals surface area contributed by atoms with Crippen molar-refractivity contribution in [2.24, 2.45) is 0 Å². The van der Waals surface area contributed by atoms with Crippen LogP contribution in [0.1, 0.15) is 68.7 Å². The summed E-state index contributed by atoms with van der Waals surface area (Å²) in [7, 11) is 0. The van der Waals surface area contributed by atoms with Crippen LogP contribution in [0.5, 0.6) is 0 Å². The summed E-state index contributed by atoms with van der Waals surface area (Å²) in [6.45, 7) is 4.31. The van der Waals surface area contributed by atoms with E-state index < -0.39 is 0 Å². The highest BCUT2D eigenvalue weighted by Gasteiger charge is 2.41. The highest BCUT2D eigenvalue weighted by atomic mass is 32.1. The first-order chi connectivity index (χ1) is 14.2. The summed E-state index contributed by atoms with van der Waals surface area (Å²) in [5.41, 5.74) is 5.02. The molecule has 29 heavy (non-hydrogen) atoms. The summed E-state index contributed by atoms with van der Waals surface area (Å²) in [6.07, 6.45) is 7.26. The minimum Gasteiger partial charge on any atom is -0.370 e. The van der Waals surface area contributed by atoms with Crippen LogP contribution in [0.4, 0.5) is 0 Å². The zero-order valence-electron chi connectivity index (χ0n) is 16.8. The van der Waals surface area contributed by atoms with Gasteiger partial charge in [0, 0.05) is 42.4 Å². The number of nitrogens with zero attached hydrogens (tertiary/aromatic N) is 2. The van der Waals surface area contributed by atoms with E-state index in [4.69, 9.17) is 4.74 Å². The van der Waals surface area contributed by atoms with Crippen molar-refractivity contribution in [2.75, 3.05) is 32.8 Å². The SMILES string of the molecule is O=C(c1cc2c(s1)CCOC21CCNCC1)N1CCc2[nH]nc(C3CC3)c2CC1. The third kappa shape index (κ3) is 3.05. The van der Waals surface area contributed by atoms with E-state index in [1.807, 2.05) is 0 Å². The number of aromatic amines is 1. The summed E-state index contributed by atoms with van der Waals surface area (Å²) < 4.78 is 6.30. The van der Waals surface area contributed by atoms with Crippen molar-refractivity contribution < 1.29 is 9.53 Å². The van der Waals surface area contributed by atoms with Gasteiger partial charge in [-0.05, 0) is 62.4 Å². The molecule has 1 spiro atoms. The van der Waals surface area contributed by atoms with Gasteiger partial charge in [-0.1, -0.05) is 0 Å². The van der Waals surface area contributed by atoms with Crippen LogP contribution >= 0.6 is 11.3 Å². The molecule has 2 aromatic rings. The number of carbonyl (C=O) groups is 1. The second kappa shape index (κ2) is 6.93. The average molecular weight is 413 g/mol. The molecule has 1 saturated carbocycles. The Kier molecular flexibility index (Phi) is 4.32. The van der Waals surface area contributed by atoms with Crippen LogP contribution in [-0.4, -0.2) is 53.8 Å². The molecular formula is C22H28N4O2S. The van der Waals surface area contributed by atoms with E-state index in [0.717, 1.165) is 69.8 Å². The van der Waals surface area contributed by atoms with Gasteiger partial charge < -0.3 is 15.0 Å². The number of hydrogen-bond acceptors (Lipinski definition) is 5. The molecule has 2 N–H and O–H groups in total. The second-order valence-corrected chi connectivity index (χ2v) is 10.1. The summed E-state index contributed by atoms with van der Waals surface area (Å²) in [5, 5.41) is 11.3. The molecule has 1 amide bonds. The molecule has 0 radical (unpaired) electrons. The molecule has 5 heterocycles. The van der Waals surface area contributed by atoms with Crippen molar-refractivity contribution in [1.29, 1.82) is 0 Å². The van der Waals surface area contributed by atoms with Crippen molar-refractivity contribution in [3.8, 4) is 0 Å². The highest BCUT2D eigenvalue weighted by molar-refractivity contribution is 7.14. The number of carbonyl (C=O) groups excluding carboxylic acids is 1. The van der Waals surface area contributed by atoms with Crippen molar-refractivity contribution in [3.05, 3.63) is 38.3 Å². The maximum absolute atomic E-state index is 13.4. The third-order valence-corrected chi connectivity index (χ3v) is 8.31. The third-order valence-electron chi connectivity index (χ3n) is 7.13. The summed E-state index contributed by atoms with van der Waals surface area (Å²) in [5.74, 6) is 0.849. The smallest absolute Gasteiger partial charge is 0.263 e. The van der Waals surface area contributed by atoms with Gasteiger partial charge in [-0.15, -0.1) is 11.3 Å². The molecule has 2 fully saturated rings. The van der Waals surface area contributed by atoms with Gasteiger partial charge in [-0.2, -0.15) is 5.10 Å². The first-order valence-corrected chi connectivity index (χ1v) is 11.9. The molecule has 4 aliphatic rings. The van der Waals surface area contributed by atoms with Gasteiger partial charge in [0.2, 0.25) is 0 Å². The number of hydrogen-bond donors (Lipinski definition) is 2. The minimum absolute atomic E-state index is 0.172. The van der Waals surface area contributed by atoms with Gasteiger partial charge in [0.25, 0.3) is 5.91 Å². The Morgan fingerprint density at radius 2 is 2.03 bits per heavy atom. The zero-order valence-corrected chi connectivity index (χ0v) is 17.6. The maximum atomic E-state index is 13.4. The van der Waals surface area contributed by atoms with Crippen LogP contribution in [0.15, 0.2) is 6.07 Å². The molecule has 6 nitrogen and oxygen atoms in total. The zero-order chi connectivity index (χ0) is 19.4. The van der Waals surface area contributed by atoms with Crippen LogP contribution in [0, 0.1) is 0 Å². The highest BCUT2D eigenvalue weighted by Crippen LogP contribution is 2.44. The van der Waals surface area contributed by atoms with Crippen LogP contribution in [0.25, 0.3) is 0 Å². The number of piperidine rings is 1. The van der Waals surface area contributed by atoms with Gasteiger partial charge in [-0.3, -0.25) is 9.89 Å². The molecular weight excluding hydrogens is 384 g/mol. The molecule has 0 unspecified atom stereocenters. The predicted molar refractivity (Wildman–Crippen MR) is 112 cm³/mol. The molecule has 1 aliphatic carbocycles. The Hall–Kier alpha value is -1.70. The average Bonchev–Trinajstić information content (AvgIpc) is 3.42. The van der Waals surface area contributed by atoms with E-state index in [1.165, 1.54) is 40.2 Å². The summed E-state index contributed by atoms with van der Waals surface area (Å²) in [4.78, 5) is 17.7. The van der Waals surface area contributed by atoms with Crippen LogP contribution in [0.3, 0.4) is 0 Å². The Labute approximate surface area is 175 Å². The van der Waals surface area contributed by atoms with E-state index in [0.29, 0.717) is 5.92 Å². The number of nitrogens with one attached hydrogen (secondary N) is 2. The number of rotatable bonds is 2. The quantitative estimate of drug-likeness (QED) is 0.796. The molecule has 2 aromatic heterocycles. The van der Waals surface area contributed by atoms with Gasteiger partial charge in [0.15, 0.2) is 0 Å². The van der Waals surface area contributed by atoms with E-state index in [9.17, 15) is 4.79 Å². The monoisotopic (exact) mass is 412 g/mol. The fraction of sp³-hybridized carbons (Fsp3) is 0.636. The molecule has 0 bridgehead atoms. The molecule has 154 valence electrons. The lowest BCUT2D eigenvalue weighted by molar-refractivity contribution is -0.0792. The Morgan fingerprint density at radius 1 is 1.21 bits per heavy atom. The second-order valence-electron chi connectivity index (χ2n) is 8.92. The fourth-order valence-electron chi connectivity index (χ4n) is 5.33. The first-order valence-electron chi connectivity index (χ1n) is 11.1. The first kappa shape index (κ1) is 18.1. The standard InChI is InChI=1S/C22H28N4O2S/c27-21(26-10-3-15-17(4-11-26)24-25-20(15)14-1-2-14)19-13-16-18(29-19)5-12-28-22(16)6-8-23-9-7-22/h13-14,23H,1-12H2,(H,24,25). The van der Waals surface area contributed by atoms with Gasteiger partial charge in [-0.25, -0.2) is 0 Å².